The van der Waals surface area contributed by atoms with Crippen LogP contribution >= 0.6 is 15.9 Å². The van der Waals surface area contributed by atoms with Crippen molar-refractivity contribution in [3.8, 4) is 0 Å². The van der Waals surface area contributed by atoms with Crippen LogP contribution in [0, 0.1) is 5.82 Å². The van der Waals surface area contributed by atoms with Crippen molar-refractivity contribution in [2.24, 2.45) is 0 Å². The first-order chi connectivity index (χ1) is 8.13. The summed E-state index contributed by atoms with van der Waals surface area (Å²) in [6, 6.07) is 4.21. The summed E-state index contributed by atoms with van der Waals surface area (Å²) < 4.78 is 14.2. The van der Waals surface area contributed by atoms with Crippen molar-refractivity contribution < 1.29 is 14.3 Å². The van der Waals surface area contributed by atoms with Crippen molar-refractivity contribution in [1.29, 1.82) is 0 Å². The van der Waals surface area contributed by atoms with E-state index < -0.39 is 5.82 Å². The van der Waals surface area contributed by atoms with E-state index in [1.54, 1.807) is 11.0 Å². The van der Waals surface area contributed by atoms with E-state index in [9.17, 15) is 9.18 Å². The first kappa shape index (κ1) is 12.5. The molecule has 1 heterocycles. The molecule has 0 spiro atoms. The van der Waals surface area contributed by atoms with Crippen LogP contribution in [-0.2, 0) is 0 Å². The second-order valence-corrected chi connectivity index (χ2v) is 5.02. The molecule has 1 fully saturated rings. The highest BCUT2D eigenvalue weighted by molar-refractivity contribution is 9.10. The molecule has 1 N–H and O–H groups in total. The molecule has 1 saturated heterocycles. The summed E-state index contributed by atoms with van der Waals surface area (Å²) in [5.74, 6) is -0.875. The highest BCUT2D eigenvalue weighted by Crippen LogP contribution is 2.22. The van der Waals surface area contributed by atoms with Gasteiger partial charge in [-0.05, 0) is 31.0 Å². The Morgan fingerprint density at radius 2 is 2.35 bits per heavy atom. The van der Waals surface area contributed by atoms with Gasteiger partial charge in [-0.3, -0.25) is 4.79 Å². The van der Waals surface area contributed by atoms with Crippen LogP contribution in [0.1, 0.15) is 23.2 Å². The van der Waals surface area contributed by atoms with Gasteiger partial charge in [0.1, 0.15) is 5.82 Å². The number of halogens is 2. The van der Waals surface area contributed by atoms with Crippen LogP contribution in [0.3, 0.4) is 0 Å². The maximum Gasteiger partial charge on any atom is 0.257 e. The van der Waals surface area contributed by atoms with E-state index in [-0.39, 0.29) is 24.1 Å². The van der Waals surface area contributed by atoms with E-state index >= 15 is 0 Å². The Morgan fingerprint density at radius 1 is 1.59 bits per heavy atom. The maximum absolute atomic E-state index is 13.6. The summed E-state index contributed by atoms with van der Waals surface area (Å²) in [6.07, 6.45) is 1.63. The molecule has 1 atom stereocenters. The third kappa shape index (κ3) is 2.50. The number of benzene rings is 1. The van der Waals surface area contributed by atoms with Gasteiger partial charge in [0, 0.05) is 11.0 Å². The van der Waals surface area contributed by atoms with Gasteiger partial charge in [0.2, 0.25) is 0 Å². The number of rotatable bonds is 2. The number of aliphatic hydroxyl groups is 1. The Labute approximate surface area is 107 Å². The van der Waals surface area contributed by atoms with E-state index in [0.29, 0.717) is 11.0 Å². The lowest BCUT2D eigenvalue weighted by atomic mass is 10.1. The quantitative estimate of drug-likeness (QED) is 0.910. The molecular weight excluding hydrogens is 289 g/mol. The van der Waals surface area contributed by atoms with E-state index in [2.05, 4.69) is 15.9 Å². The minimum absolute atomic E-state index is 0.0635. The number of carbonyl (C=O) groups is 1. The van der Waals surface area contributed by atoms with Crippen molar-refractivity contribution >= 4 is 21.8 Å². The zero-order valence-electron chi connectivity index (χ0n) is 9.20. The van der Waals surface area contributed by atoms with E-state index in [1.807, 2.05) is 0 Å². The molecule has 5 heteroatoms. The lowest BCUT2D eigenvalue weighted by Crippen LogP contribution is -2.38. The van der Waals surface area contributed by atoms with Gasteiger partial charge < -0.3 is 10.0 Å². The number of hydrogen-bond acceptors (Lipinski definition) is 2. The summed E-state index contributed by atoms with van der Waals surface area (Å²) in [4.78, 5) is 13.7. The minimum atomic E-state index is -0.534. The Hall–Kier alpha value is -0.940. The van der Waals surface area contributed by atoms with Crippen molar-refractivity contribution in [2.75, 3.05) is 13.2 Å². The Balaban J connectivity index is 2.24. The zero-order valence-corrected chi connectivity index (χ0v) is 10.8. The lowest BCUT2D eigenvalue weighted by Gasteiger charge is -2.23. The third-order valence-corrected chi connectivity index (χ3v) is 3.50. The number of amides is 1. The molecular formula is C12H13BrFNO2. The van der Waals surface area contributed by atoms with Gasteiger partial charge in [-0.25, -0.2) is 4.39 Å². The number of likely N-dealkylation sites (tertiary alicyclic amines) is 1. The number of nitrogens with zero attached hydrogens (tertiary/aromatic N) is 1. The first-order valence-corrected chi connectivity index (χ1v) is 6.29. The monoisotopic (exact) mass is 301 g/mol. The van der Waals surface area contributed by atoms with Gasteiger partial charge in [0.15, 0.2) is 0 Å². The molecule has 2 rings (SSSR count). The smallest absolute Gasteiger partial charge is 0.257 e. The van der Waals surface area contributed by atoms with Gasteiger partial charge in [0.05, 0.1) is 18.2 Å². The first-order valence-electron chi connectivity index (χ1n) is 5.50. The number of hydrogen-bond donors (Lipinski definition) is 1. The molecule has 1 aliphatic rings. The van der Waals surface area contributed by atoms with Crippen LogP contribution in [0.25, 0.3) is 0 Å². The molecule has 1 aromatic rings. The number of aliphatic hydroxyl groups excluding tert-OH is 1. The normalized spacial score (nSPS) is 19.7. The predicted octanol–water partition coefficient (Wildman–Crippen LogP) is 2.19. The van der Waals surface area contributed by atoms with Crippen LogP contribution < -0.4 is 0 Å². The lowest BCUT2D eigenvalue weighted by molar-refractivity contribution is 0.0673. The average Bonchev–Trinajstić information content (AvgIpc) is 2.76. The van der Waals surface area contributed by atoms with Crippen LogP contribution in [-0.4, -0.2) is 35.1 Å². The van der Waals surface area contributed by atoms with Gasteiger partial charge in [-0.1, -0.05) is 15.9 Å². The maximum atomic E-state index is 13.6. The number of carbonyl (C=O) groups excluding carboxylic acids is 1. The SMILES string of the molecule is O=C(c1ccc(Br)cc1F)N1CCC[C@H]1CO. The molecule has 0 radical (unpaired) electrons. The van der Waals surface area contributed by atoms with Crippen molar-refractivity contribution in [2.45, 2.75) is 18.9 Å². The average molecular weight is 302 g/mol. The van der Waals surface area contributed by atoms with Gasteiger partial charge in [-0.15, -0.1) is 0 Å². The van der Waals surface area contributed by atoms with Crippen LogP contribution in [0.2, 0.25) is 0 Å². The van der Waals surface area contributed by atoms with E-state index in [0.717, 1.165) is 12.8 Å². The molecule has 0 unspecified atom stereocenters. The molecule has 0 aromatic heterocycles. The van der Waals surface area contributed by atoms with Gasteiger partial charge in [-0.2, -0.15) is 0 Å². The van der Waals surface area contributed by atoms with Crippen LogP contribution in [0.5, 0.6) is 0 Å². The molecule has 3 nitrogen and oxygen atoms in total. The summed E-state index contributed by atoms with van der Waals surface area (Å²) in [5, 5.41) is 9.15. The molecule has 0 aliphatic carbocycles. The molecule has 1 aromatic carbocycles. The highest BCUT2D eigenvalue weighted by Gasteiger charge is 2.29. The molecule has 92 valence electrons. The fourth-order valence-corrected chi connectivity index (χ4v) is 2.44. The standard InChI is InChI=1S/C12H13BrFNO2/c13-8-3-4-10(11(14)6-8)12(17)15-5-1-2-9(15)7-16/h3-4,6,9,16H,1-2,5,7H2/t9-/m0/s1. The summed E-state index contributed by atoms with van der Waals surface area (Å²) in [6.45, 7) is 0.517. The zero-order chi connectivity index (χ0) is 12.4. The molecule has 17 heavy (non-hydrogen) atoms. The summed E-state index contributed by atoms with van der Waals surface area (Å²) in [7, 11) is 0. The van der Waals surface area contributed by atoms with Crippen molar-refractivity contribution in [3.05, 3.63) is 34.1 Å². The Morgan fingerprint density at radius 3 is 3.00 bits per heavy atom. The topological polar surface area (TPSA) is 40.5 Å². The van der Waals surface area contributed by atoms with E-state index in [1.165, 1.54) is 12.1 Å². The third-order valence-electron chi connectivity index (χ3n) is 3.01. The van der Waals surface area contributed by atoms with Crippen molar-refractivity contribution in [1.82, 2.24) is 4.90 Å². The Bertz CT molecular complexity index is 439. The van der Waals surface area contributed by atoms with E-state index in [4.69, 9.17) is 5.11 Å². The second kappa shape index (κ2) is 5.14. The second-order valence-electron chi connectivity index (χ2n) is 4.10. The fourth-order valence-electron chi connectivity index (χ4n) is 2.11. The van der Waals surface area contributed by atoms with Crippen LogP contribution in [0.4, 0.5) is 4.39 Å². The van der Waals surface area contributed by atoms with Crippen molar-refractivity contribution in [3.63, 3.8) is 0 Å². The van der Waals surface area contributed by atoms with Gasteiger partial charge >= 0.3 is 0 Å². The summed E-state index contributed by atoms with van der Waals surface area (Å²) in [5.41, 5.74) is 0.0635. The molecule has 0 bridgehead atoms. The minimum Gasteiger partial charge on any atom is -0.394 e. The predicted molar refractivity (Wildman–Crippen MR) is 65.2 cm³/mol. The molecule has 1 aliphatic heterocycles. The van der Waals surface area contributed by atoms with Gasteiger partial charge in [0.25, 0.3) is 5.91 Å². The molecule has 1 amide bonds. The summed E-state index contributed by atoms with van der Waals surface area (Å²) >= 11 is 3.15. The van der Waals surface area contributed by atoms with Crippen LogP contribution in [0.15, 0.2) is 22.7 Å². The Kier molecular flexibility index (Phi) is 3.79. The highest BCUT2D eigenvalue weighted by atomic mass is 79.9. The largest absolute Gasteiger partial charge is 0.394 e. The fraction of sp³-hybridized carbons (Fsp3) is 0.417. The molecule has 0 saturated carbocycles.